The maximum atomic E-state index is 5.85. The Balaban J connectivity index is 2.01. The number of hydrogen-bond acceptors (Lipinski definition) is 5. The molecule has 1 aliphatic rings. The molecule has 1 fully saturated rings. The molecule has 6 heteroatoms. The number of anilines is 1. The van der Waals surface area contributed by atoms with Crippen LogP contribution in [0.3, 0.4) is 0 Å². The summed E-state index contributed by atoms with van der Waals surface area (Å²) in [4.78, 5) is 0. The standard InChI is InChI=1S/C14H19N5O/c1-9-4-3-5-12(9)19-14(16-17-18-19)10-6-7-11(15)13(8-10)20-2/h6-9,12H,3-5,15H2,1-2H3. The van der Waals surface area contributed by atoms with Crippen molar-refractivity contribution in [1.29, 1.82) is 0 Å². The molecule has 0 bridgehead atoms. The molecule has 0 amide bonds. The van der Waals surface area contributed by atoms with Crippen LogP contribution in [-0.4, -0.2) is 27.3 Å². The van der Waals surface area contributed by atoms with Crippen LogP contribution in [0.4, 0.5) is 5.69 Å². The van der Waals surface area contributed by atoms with Crippen molar-refractivity contribution in [1.82, 2.24) is 20.2 Å². The first-order valence-corrected chi connectivity index (χ1v) is 6.92. The lowest BCUT2D eigenvalue weighted by atomic mass is 10.1. The molecule has 1 aromatic heterocycles. The summed E-state index contributed by atoms with van der Waals surface area (Å²) in [7, 11) is 1.61. The van der Waals surface area contributed by atoms with Gasteiger partial charge in [-0.05, 0) is 47.4 Å². The Morgan fingerprint density at radius 3 is 2.90 bits per heavy atom. The summed E-state index contributed by atoms with van der Waals surface area (Å²) in [5.74, 6) is 2.03. The Morgan fingerprint density at radius 2 is 2.20 bits per heavy atom. The van der Waals surface area contributed by atoms with E-state index in [1.807, 2.05) is 22.9 Å². The van der Waals surface area contributed by atoms with Crippen LogP contribution in [0.1, 0.15) is 32.2 Å². The monoisotopic (exact) mass is 273 g/mol. The Hall–Kier alpha value is -2.11. The molecule has 2 unspecified atom stereocenters. The van der Waals surface area contributed by atoms with Gasteiger partial charge in [-0.2, -0.15) is 0 Å². The smallest absolute Gasteiger partial charge is 0.182 e. The number of methoxy groups -OCH3 is 1. The first kappa shape index (κ1) is 12.9. The normalized spacial score (nSPS) is 22.1. The highest BCUT2D eigenvalue weighted by molar-refractivity contribution is 5.65. The molecular formula is C14H19N5O. The summed E-state index contributed by atoms with van der Waals surface area (Å²) in [6, 6.07) is 6.02. The molecule has 3 rings (SSSR count). The van der Waals surface area contributed by atoms with Crippen LogP contribution in [0.25, 0.3) is 11.4 Å². The lowest BCUT2D eigenvalue weighted by Crippen LogP contribution is -2.14. The van der Waals surface area contributed by atoms with Gasteiger partial charge in [-0.25, -0.2) is 4.68 Å². The van der Waals surface area contributed by atoms with E-state index in [1.54, 1.807) is 7.11 Å². The van der Waals surface area contributed by atoms with Gasteiger partial charge in [0.25, 0.3) is 0 Å². The van der Waals surface area contributed by atoms with Crippen LogP contribution in [-0.2, 0) is 0 Å². The van der Waals surface area contributed by atoms with Gasteiger partial charge in [0.15, 0.2) is 5.82 Å². The lowest BCUT2D eigenvalue weighted by Gasteiger charge is -2.17. The molecule has 20 heavy (non-hydrogen) atoms. The molecule has 1 aromatic carbocycles. The van der Waals surface area contributed by atoms with E-state index in [4.69, 9.17) is 10.5 Å². The Kier molecular flexibility index (Phi) is 3.30. The van der Waals surface area contributed by atoms with Crippen LogP contribution in [0.5, 0.6) is 5.75 Å². The fraction of sp³-hybridized carbons (Fsp3) is 0.500. The minimum absolute atomic E-state index is 0.378. The van der Waals surface area contributed by atoms with Gasteiger partial charge in [0.2, 0.25) is 0 Å². The van der Waals surface area contributed by atoms with Crippen LogP contribution >= 0.6 is 0 Å². The largest absolute Gasteiger partial charge is 0.495 e. The van der Waals surface area contributed by atoms with Crippen molar-refractivity contribution in [3.8, 4) is 17.1 Å². The highest BCUT2D eigenvalue weighted by Gasteiger charge is 2.28. The van der Waals surface area contributed by atoms with Gasteiger partial charge in [-0.3, -0.25) is 0 Å². The van der Waals surface area contributed by atoms with Gasteiger partial charge >= 0.3 is 0 Å². The average molecular weight is 273 g/mol. The first-order chi connectivity index (χ1) is 9.70. The average Bonchev–Trinajstić information content (AvgIpc) is 3.07. The van der Waals surface area contributed by atoms with E-state index in [-0.39, 0.29) is 0 Å². The predicted octanol–water partition coefficient (Wildman–Crippen LogP) is 2.29. The minimum Gasteiger partial charge on any atom is -0.495 e. The third kappa shape index (κ3) is 2.11. The molecule has 1 aliphatic carbocycles. The maximum absolute atomic E-state index is 5.85. The van der Waals surface area contributed by atoms with Crippen LogP contribution < -0.4 is 10.5 Å². The molecule has 2 aromatic rings. The Morgan fingerprint density at radius 1 is 1.35 bits per heavy atom. The number of nitrogens with zero attached hydrogens (tertiary/aromatic N) is 4. The molecule has 0 aliphatic heterocycles. The summed E-state index contributed by atoms with van der Waals surface area (Å²) < 4.78 is 7.21. The van der Waals surface area contributed by atoms with Gasteiger partial charge in [0.05, 0.1) is 18.8 Å². The summed E-state index contributed by atoms with van der Waals surface area (Å²) in [5.41, 5.74) is 7.40. The fourth-order valence-electron chi connectivity index (χ4n) is 2.95. The van der Waals surface area contributed by atoms with Crippen molar-refractivity contribution in [2.45, 2.75) is 32.2 Å². The fourth-order valence-corrected chi connectivity index (χ4v) is 2.95. The number of nitrogens with two attached hydrogens (primary N) is 1. The third-order valence-corrected chi connectivity index (χ3v) is 4.11. The van der Waals surface area contributed by atoms with Crippen molar-refractivity contribution in [2.75, 3.05) is 12.8 Å². The number of tetrazole rings is 1. The highest BCUT2D eigenvalue weighted by atomic mass is 16.5. The van der Waals surface area contributed by atoms with Crippen LogP contribution in [0.15, 0.2) is 18.2 Å². The molecule has 106 valence electrons. The van der Waals surface area contributed by atoms with E-state index in [1.165, 1.54) is 12.8 Å². The van der Waals surface area contributed by atoms with Crippen LogP contribution in [0, 0.1) is 5.92 Å². The van der Waals surface area contributed by atoms with E-state index in [0.29, 0.717) is 23.4 Å². The lowest BCUT2D eigenvalue weighted by molar-refractivity contribution is 0.370. The molecule has 6 nitrogen and oxygen atoms in total. The molecule has 1 heterocycles. The zero-order valence-corrected chi connectivity index (χ0v) is 11.8. The highest BCUT2D eigenvalue weighted by Crippen LogP contribution is 2.37. The number of aromatic nitrogens is 4. The number of benzene rings is 1. The topological polar surface area (TPSA) is 78.9 Å². The van der Waals surface area contributed by atoms with E-state index in [0.717, 1.165) is 17.8 Å². The van der Waals surface area contributed by atoms with Crippen LogP contribution in [0.2, 0.25) is 0 Å². The zero-order chi connectivity index (χ0) is 14.1. The zero-order valence-electron chi connectivity index (χ0n) is 11.8. The molecule has 2 atom stereocenters. The molecular weight excluding hydrogens is 254 g/mol. The van der Waals surface area contributed by atoms with E-state index in [2.05, 4.69) is 22.4 Å². The SMILES string of the molecule is COc1cc(-c2nnnn2C2CCCC2C)ccc1N. The molecule has 0 radical (unpaired) electrons. The van der Waals surface area contributed by atoms with Crippen molar-refractivity contribution in [2.24, 2.45) is 5.92 Å². The van der Waals surface area contributed by atoms with E-state index < -0.39 is 0 Å². The Labute approximate surface area is 117 Å². The molecule has 0 spiro atoms. The number of ether oxygens (including phenoxy) is 1. The first-order valence-electron chi connectivity index (χ1n) is 6.92. The maximum Gasteiger partial charge on any atom is 0.182 e. The van der Waals surface area contributed by atoms with Crippen molar-refractivity contribution in [3.05, 3.63) is 18.2 Å². The summed E-state index contributed by atoms with van der Waals surface area (Å²) >= 11 is 0. The van der Waals surface area contributed by atoms with Gasteiger partial charge in [-0.15, -0.1) is 5.10 Å². The third-order valence-electron chi connectivity index (χ3n) is 4.11. The second-order valence-electron chi connectivity index (χ2n) is 5.38. The van der Waals surface area contributed by atoms with Gasteiger partial charge in [-0.1, -0.05) is 13.3 Å². The van der Waals surface area contributed by atoms with Gasteiger partial charge in [0.1, 0.15) is 5.75 Å². The van der Waals surface area contributed by atoms with E-state index >= 15 is 0 Å². The van der Waals surface area contributed by atoms with Crippen molar-refractivity contribution >= 4 is 5.69 Å². The van der Waals surface area contributed by atoms with Gasteiger partial charge < -0.3 is 10.5 Å². The Bertz CT molecular complexity index is 609. The molecule has 2 N–H and O–H groups in total. The predicted molar refractivity (Wildman–Crippen MR) is 76.3 cm³/mol. The summed E-state index contributed by atoms with van der Waals surface area (Å²) in [6.07, 6.45) is 3.59. The second kappa shape index (κ2) is 5.11. The molecule has 0 saturated heterocycles. The van der Waals surface area contributed by atoms with Gasteiger partial charge in [0, 0.05) is 5.56 Å². The number of nitrogen functional groups attached to an aromatic ring is 1. The summed E-state index contributed by atoms with van der Waals surface area (Å²) in [6.45, 7) is 2.26. The molecule has 1 saturated carbocycles. The van der Waals surface area contributed by atoms with Crippen molar-refractivity contribution in [3.63, 3.8) is 0 Å². The van der Waals surface area contributed by atoms with E-state index in [9.17, 15) is 0 Å². The minimum atomic E-state index is 0.378. The second-order valence-corrected chi connectivity index (χ2v) is 5.38. The summed E-state index contributed by atoms with van der Waals surface area (Å²) in [5, 5.41) is 12.2. The quantitative estimate of drug-likeness (QED) is 0.868. The number of rotatable bonds is 3. The number of hydrogen-bond donors (Lipinski definition) is 1. The van der Waals surface area contributed by atoms with Crippen molar-refractivity contribution < 1.29 is 4.74 Å².